The quantitative estimate of drug-likeness (QED) is 0.842. The van der Waals surface area contributed by atoms with Gasteiger partial charge in [0, 0.05) is 18.0 Å². The summed E-state index contributed by atoms with van der Waals surface area (Å²) in [6, 6.07) is 0. The van der Waals surface area contributed by atoms with Crippen molar-refractivity contribution in [2.24, 2.45) is 0 Å². The van der Waals surface area contributed by atoms with Gasteiger partial charge in [0.25, 0.3) is 0 Å². The van der Waals surface area contributed by atoms with E-state index in [1.807, 2.05) is 0 Å². The van der Waals surface area contributed by atoms with Gasteiger partial charge in [-0.1, -0.05) is 0 Å². The summed E-state index contributed by atoms with van der Waals surface area (Å²) >= 11 is 1.61. The van der Waals surface area contributed by atoms with E-state index in [-0.39, 0.29) is 11.5 Å². The molecule has 1 saturated heterocycles. The molecule has 1 aliphatic carbocycles. The molecule has 1 aromatic rings. The first-order valence-corrected chi connectivity index (χ1v) is 9.32. The average molecular weight is 302 g/mol. The maximum Gasteiger partial charge on any atom is 0.185 e. The molecule has 1 fully saturated rings. The molecule has 2 aliphatic rings. The Kier molecular flexibility index (Phi) is 3.53. The van der Waals surface area contributed by atoms with Crippen molar-refractivity contribution in [2.45, 2.75) is 31.8 Å². The molecule has 5 nitrogen and oxygen atoms in total. The topological polar surface area (TPSA) is 70.5 Å². The summed E-state index contributed by atoms with van der Waals surface area (Å²) in [5, 5.41) is 10.8. The summed E-state index contributed by atoms with van der Waals surface area (Å²) in [6.07, 6.45) is 2.99. The Bertz CT molecular complexity index is 568. The van der Waals surface area contributed by atoms with Gasteiger partial charge < -0.3 is 10.0 Å². The summed E-state index contributed by atoms with van der Waals surface area (Å²) in [6.45, 7) is 1.26. The van der Waals surface area contributed by atoms with Gasteiger partial charge in [0.05, 0.1) is 23.3 Å². The molecule has 106 valence electrons. The summed E-state index contributed by atoms with van der Waals surface area (Å²) in [7, 11) is -2.89. The summed E-state index contributed by atoms with van der Waals surface area (Å²) in [5.41, 5.74) is 0.818. The number of sulfone groups is 1. The van der Waals surface area contributed by atoms with Crippen molar-refractivity contribution in [2.75, 3.05) is 29.5 Å². The molecule has 0 aromatic carbocycles. The lowest BCUT2D eigenvalue weighted by atomic mass is 10.0. The zero-order valence-electron chi connectivity index (χ0n) is 10.7. The van der Waals surface area contributed by atoms with Crippen LogP contribution < -0.4 is 4.90 Å². The van der Waals surface area contributed by atoms with E-state index in [2.05, 4.69) is 9.88 Å². The van der Waals surface area contributed by atoms with Crippen molar-refractivity contribution < 1.29 is 13.5 Å². The second-order valence-corrected chi connectivity index (χ2v) is 8.57. The van der Waals surface area contributed by atoms with Crippen LogP contribution in [-0.2, 0) is 16.3 Å². The maximum atomic E-state index is 11.6. The number of aliphatic hydroxyl groups is 1. The number of hydrogen-bond acceptors (Lipinski definition) is 6. The van der Waals surface area contributed by atoms with Crippen LogP contribution in [0, 0.1) is 0 Å². The third-order valence-corrected chi connectivity index (χ3v) is 6.65. The van der Waals surface area contributed by atoms with E-state index >= 15 is 0 Å². The number of fused-ring (bicyclic) bond motifs is 1. The molecule has 1 N–H and O–H groups in total. The molecule has 1 aliphatic heterocycles. The van der Waals surface area contributed by atoms with Crippen LogP contribution in [0.15, 0.2) is 0 Å². The van der Waals surface area contributed by atoms with Crippen molar-refractivity contribution in [3.05, 3.63) is 10.6 Å². The van der Waals surface area contributed by atoms with Crippen LogP contribution in [0.4, 0.5) is 5.13 Å². The van der Waals surface area contributed by atoms with Crippen LogP contribution in [-0.4, -0.2) is 43.1 Å². The monoisotopic (exact) mass is 302 g/mol. The van der Waals surface area contributed by atoms with Gasteiger partial charge in [0.1, 0.15) is 0 Å². The van der Waals surface area contributed by atoms with E-state index in [0.717, 1.165) is 36.6 Å². The van der Waals surface area contributed by atoms with Gasteiger partial charge in [-0.05, 0) is 25.7 Å². The predicted molar refractivity (Wildman–Crippen MR) is 75.5 cm³/mol. The Morgan fingerprint density at radius 1 is 1.26 bits per heavy atom. The highest BCUT2D eigenvalue weighted by molar-refractivity contribution is 7.91. The Morgan fingerprint density at radius 3 is 2.89 bits per heavy atom. The number of aromatic nitrogens is 1. The van der Waals surface area contributed by atoms with Crippen molar-refractivity contribution in [1.82, 2.24) is 4.98 Å². The first kappa shape index (κ1) is 13.3. The largest absolute Gasteiger partial charge is 0.387 e. The molecule has 7 heteroatoms. The first-order valence-electron chi connectivity index (χ1n) is 6.68. The number of hydrogen-bond donors (Lipinski definition) is 1. The van der Waals surface area contributed by atoms with E-state index in [1.165, 1.54) is 4.88 Å². The predicted octanol–water partition coefficient (Wildman–Crippen LogP) is 1.14. The van der Waals surface area contributed by atoms with Crippen LogP contribution in [0.2, 0.25) is 0 Å². The van der Waals surface area contributed by atoms with Gasteiger partial charge in [-0.3, -0.25) is 0 Å². The Balaban J connectivity index is 1.83. The minimum Gasteiger partial charge on any atom is -0.387 e. The van der Waals surface area contributed by atoms with E-state index in [0.29, 0.717) is 13.0 Å². The molecule has 2 heterocycles. The van der Waals surface area contributed by atoms with Gasteiger partial charge in [0.2, 0.25) is 0 Å². The smallest absolute Gasteiger partial charge is 0.185 e. The molecule has 0 radical (unpaired) electrons. The normalized spacial score (nSPS) is 26.8. The maximum absolute atomic E-state index is 11.6. The molecule has 0 saturated carbocycles. The second-order valence-electron chi connectivity index (χ2n) is 5.21. The Morgan fingerprint density at radius 2 is 2.11 bits per heavy atom. The SMILES string of the molecule is O=S1(=O)CCCN(c2nc3c(s2)CCCC3O)CC1. The van der Waals surface area contributed by atoms with E-state index in [1.54, 1.807) is 11.3 Å². The Hall–Kier alpha value is -0.660. The van der Waals surface area contributed by atoms with E-state index < -0.39 is 15.9 Å². The highest BCUT2D eigenvalue weighted by Crippen LogP contribution is 2.36. The summed E-state index contributed by atoms with van der Waals surface area (Å²) < 4.78 is 23.2. The van der Waals surface area contributed by atoms with Crippen LogP contribution in [0.5, 0.6) is 0 Å². The number of nitrogens with zero attached hydrogens (tertiary/aromatic N) is 2. The fourth-order valence-corrected chi connectivity index (χ4v) is 5.13. The van der Waals surface area contributed by atoms with E-state index in [4.69, 9.17) is 0 Å². The minimum absolute atomic E-state index is 0.208. The number of thiazole rings is 1. The highest BCUT2D eigenvalue weighted by Gasteiger charge is 2.26. The van der Waals surface area contributed by atoms with Gasteiger partial charge in [-0.15, -0.1) is 11.3 Å². The Labute approximate surface area is 117 Å². The molecule has 19 heavy (non-hydrogen) atoms. The first-order chi connectivity index (χ1) is 9.05. The minimum atomic E-state index is -2.89. The van der Waals surface area contributed by atoms with Crippen molar-refractivity contribution >= 4 is 26.3 Å². The zero-order chi connectivity index (χ0) is 13.5. The van der Waals surface area contributed by atoms with Crippen molar-refractivity contribution in [3.63, 3.8) is 0 Å². The average Bonchev–Trinajstić information content (AvgIpc) is 2.70. The molecule has 0 spiro atoms. The van der Waals surface area contributed by atoms with Gasteiger partial charge >= 0.3 is 0 Å². The molecular weight excluding hydrogens is 284 g/mol. The fourth-order valence-electron chi connectivity index (χ4n) is 2.65. The van der Waals surface area contributed by atoms with Crippen LogP contribution in [0.25, 0.3) is 0 Å². The standard InChI is InChI=1S/C12H18N2O3S2/c15-9-3-1-4-10-11(9)13-12(18-10)14-5-2-7-19(16,17)8-6-14/h9,15H,1-8H2. The highest BCUT2D eigenvalue weighted by atomic mass is 32.2. The lowest BCUT2D eigenvalue weighted by Gasteiger charge is -2.18. The molecule has 1 atom stereocenters. The second kappa shape index (κ2) is 5.03. The number of anilines is 1. The summed E-state index contributed by atoms with van der Waals surface area (Å²) in [4.78, 5) is 7.77. The lowest BCUT2D eigenvalue weighted by Crippen LogP contribution is -2.26. The number of rotatable bonds is 1. The van der Waals surface area contributed by atoms with Crippen LogP contribution in [0.3, 0.4) is 0 Å². The molecule has 0 amide bonds. The number of aliphatic hydroxyl groups excluding tert-OH is 1. The summed E-state index contributed by atoms with van der Waals surface area (Å²) in [5.74, 6) is 0.483. The van der Waals surface area contributed by atoms with Gasteiger partial charge in [0.15, 0.2) is 15.0 Å². The third kappa shape index (κ3) is 2.78. The lowest BCUT2D eigenvalue weighted by molar-refractivity contribution is 0.153. The van der Waals surface area contributed by atoms with E-state index in [9.17, 15) is 13.5 Å². The van der Waals surface area contributed by atoms with Crippen molar-refractivity contribution in [3.8, 4) is 0 Å². The third-order valence-electron chi connectivity index (χ3n) is 3.74. The van der Waals surface area contributed by atoms with Crippen LogP contribution >= 0.6 is 11.3 Å². The number of aryl methyl sites for hydroxylation is 1. The zero-order valence-corrected chi connectivity index (χ0v) is 12.3. The van der Waals surface area contributed by atoms with Gasteiger partial charge in [-0.2, -0.15) is 0 Å². The van der Waals surface area contributed by atoms with Crippen molar-refractivity contribution in [1.29, 1.82) is 0 Å². The molecule has 1 aromatic heterocycles. The van der Waals surface area contributed by atoms with Gasteiger partial charge in [-0.25, -0.2) is 13.4 Å². The van der Waals surface area contributed by atoms with Crippen LogP contribution in [0.1, 0.15) is 35.9 Å². The fraction of sp³-hybridized carbons (Fsp3) is 0.750. The molecule has 0 bridgehead atoms. The molecule has 1 unspecified atom stereocenters. The molecule has 3 rings (SSSR count). The molecular formula is C12H18N2O3S2.